The Morgan fingerprint density at radius 2 is 1.54 bits per heavy atom. The van der Waals surface area contributed by atoms with Crippen LogP contribution < -0.4 is 10.6 Å². The molecule has 3 aromatic rings. The van der Waals surface area contributed by atoms with Crippen molar-refractivity contribution in [3.8, 4) is 10.6 Å². The van der Waals surface area contributed by atoms with Gasteiger partial charge in [0.2, 0.25) is 5.91 Å². The lowest BCUT2D eigenvalue weighted by atomic mass is 10.1. The average molecular weight is 587 g/mol. The number of ether oxygens (including phenoxy) is 3. The highest BCUT2D eigenvalue weighted by Crippen LogP contribution is 2.30. The molecule has 2 amide bonds. The first-order valence-electron chi connectivity index (χ1n) is 12.6. The fraction of sp³-hybridized carbons (Fsp3) is 0.333. The van der Waals surface area contributed by atoms with E-state index in [0.29, 0.717) is 10.6 Å². The zero-order valence-electron chi connectivity index (χ0n) is 22.4. The number of amides is 2. The SMILES string of the molecule is CCOC(=O)c1csc(-c2ccc(C(=O)OCC)nc2C(CO)NC(=O)[C@H](CO)NC(=O)OCc2ccccc2)n1. The highest BCUT2D eigenvalue weighted by molar-refractivity contribution is 7.13. The quantitative estimate of drug-likeness (QED) is 0.169. The lowest BCUT2D eigenvalue weighted by Crippen LogP contribution is -2.50. The maximum atomic E-state index is 13.0. The van der Waals surface area contributed by atoms with Gasteiger partial charge in [-0.2, -0.15) is 0 Å². The largest absolute Gasteiger partial charge is 0.461 e. The molecule has 41 heavy (non-hydrogen) atoms. The van der Waals surface area contributed by atoms with Gasteiger partial charge in [0.15, 0.2) is 5.69 Å². The minimum atomic E-state index is -1.43. The molecule has 2 aromatic heterocycles. The van der Waals surface area contributed by atoms with Gasteiger partial charge in [0.25, 0.3) is 0 Å². The maximum absolute atomic E-state index is 13.0. The number of benzene rings is 1. The zero-order valence-corrected chi connectivity index (χ0v) is 23.2. The van der Waals surface area contributed by atoms with Crippen molar-refractivity contribution < 1.29 is 43.6 Å². The Kier molecular flexibility index (Phi) is 11.7. The molecule has 218 valence electrons. The first-order valence-corrected chi connectivity index (χ1v) is 13.5. The second-order valence-electron chi connectivity index (χ2n) is 8.29. The molecule has 2 heterocycles. The van der Waals surface area contributed by atoms with Crippen molar-refractivity contribution >= 4 is 35.3 Å². The van der Waals surface area contributed by atoms with Crippen molar-refractivity contribution in [2.45, 2.75) is 32.5 Å². The van der Waals surface area contributed by atoms with Gasteiger partial charge in [0.05, 0.1) is 38.2 Å². The monoisotopic (exact) mass is 586 g/mol. The van der Waals surface area contributed by atoms with Crippen LogP contribution in [0.4, 0.5) is 4.79 Å². The second kappa shape index (κ2) is 15.4. The van der Waals surface area contributed by atoms with Crippen molar-refractivity contribution in [1.29, 1.82) is 0 Å². The third-order valence-electron chi connectivity index (χ3n) is 5.46. The van der Waals surface area contributed by atoms with Crippen LogP contribution in [0.25, 0.3) is 10.6 Å². The number of aliphatic hydroxyl groups excluding tert-OH is 2. The number of aliphatic hydroxyl groups is 2. The number of rotatable bonds is 13. The Labute approximate surface area is 239 Å². The fourth-order valence-electron chi connectivity index (χ4n) is 3.51. The summed E-state index contributed by atoms with van der Waals surface area (Å²) >= 11 is 1.09. The van der Waals surface area contributed by atoms with Crippen LogP contribution in [0.1, 0.15) is 52.1 Å². The van der Waals surface area contributed by atoms with Crippen LogP contribution in [0, 0.1) is 0 Å². The molecule has 0 bridgehead atoms. The van der Waals surface area contributed by atoms with Crippen molar-refractivity contribution in [3.05, 3.63) is 70.5 Å². The molecule has 2 atom stereocenters. The van der Waals surface area contributed by atoms with Crippen LogP contribution in [0.2, 0.25) is 0 Å². The van der Waals surface area contributed by atoms with Gasteiger partial charge >= 0.3 is 18.0 Å². The minimum absolute atomic E-state index is 0.0412. The first kappa shape index (κ1) is 31.1. The molecule has 0 aliphatic carbocycles. The van der Waals surface area contributed by atoms with E-state index in [0.717, 1.165) is 16.9 Å². The highest BCUT2D eigenvalue weighted by Gasteiger charge is 2.28. The number of nitrogens with zero attached hydrogens (tertiary/aromatic N) is 2. The molecule has 0 aliphatic rings. The summed E-state index contributed by atoms with van der Waals surface area (Å²) in [4.78, 5) is 58.4. The predicted molar refractivity (Wildman–Crippen MR) is 146 cm³/mol. The van der Waals surface area contributed by atoms with Crippen LogP contribution in [-0.4, -0.2) is 76.6 Å². The molecule has 0 radical (unpaired) electrons. The van der Waals surface area contributed by atoms with Gasteiger partial charge in [-0.3, -0.25) is 4.79 Å². The smallest absolute Gasteiger partial charge is 0.408 e. The third-order valence-corrected chi connectivity index (χ3v) is 6.34. The Balaban J connectivity index is 1.83. The van der Waals surface area contributed by atoms with Crippen molar-refractivity contribution in [2.75, 3.05) is 26.4 Å². The Morgan fingerprint density at radius 1 is 0.854 bits per heavy atom. The minimum Gasteiger partial charge on any atom is -0.461 e. The van der Waals surface area contributed by atoms with E-state index in [1.807, 2.05) is 6.07 Å². The summed E-state index contributed by atoms with van der Waals surface area (Å²) in [5, 5.41) is 26.6. The molecular weight excluding hydrogens is 556 g/mol. The van der Waals surface area contributed by atoms with Crippen LogP contribution in [-0.2, 0) is 25.6 Å². The van der Waals surface area contributed by atoms with Crippen LogP contribution in [0.15, 0.2) is 47.8 Å². The molecule has 0 fully saturated rings. The van der Waals surface area contributed by atoms with Crippen molar-refractivity contribution in [3.63, 3.8) is 0 Å². The van der Waals surface area contributed by atoms with E-state index in [9.17, 15) is 29.4 Å². The lowest BCUT2D eigenvalue weighted by Gasteiger charge is -2.22. The molecule has 0 saturated carbocycles. The van der Waals surface area contributed by atoms with E-state index in [2.05, 4.69) is 20.6 Å². The summed E-state index contributed by atoms with van der Waals surface area (Å²) in [6, 6.07) is 9.11. The van der Waals surface area contributed by atoms with E-state index in [4.69, 9.17) is 14.2 Å². The third kappa shape index (κ3) is 8.54. The molecule has 4 N–H and O–H groups in total. The van der Waals surface area contributed by atoms with Gasteiger partial charge in [0.1, 0.15) is 23.4 Å². The number of nitrogens with one attached hydrogen (secondary N) is 2. The molecule has 3 rings (SSSR count). The number of pyridine rings is 1. The van der Waals surface area contributed by atoms with E-state index in [1.54, 1.807) is 38.1 Å². The van der Waals surface area contributed by atoms with Crippen molar-refractivity contribution in [1.82, 2.24) is 20.6 Å². The first-order chi connectivity index (χ1) is 19.8. The van der Waals surface area contributed by atoms with Gasteiger partial charge in [-0.15, -0.1) is 11.3 Å². The predicted octanol–water partition coefficient (Wildman–Crippen LogP) is 2.00. The average Bonchev–Trinajstić information content (AvgIpc) is 3.48. The van der Waals surface area contributed by atoms with Gasteiger partial charge in [-0.25, -0.2) is 24.4 Å². The number of carbonyl (C=O) groups is 4. The van der Waals surface area contributed by atoms with Gasteiger partial charge in [-0.05, 0) is 31.5 Å². The van der Waals surface area contributed by atoms with Crippen LogP contribution in [0.3, 0.4) is 0 Å². The van der Waals surface area contributed by atoms with E-state index < -0.39 is 49.2 Å². The Bertz CT molecular complexity index is 1350. The summed E-state index contributed by atoms with van der Waals surface area (Å²) in [6.45, 7) is 2.04. The Morgan fingerprint density at radius 3 is 2.17 bits per heavy atom. The van der Waals surface area contributed by atoms with E-state index in [1.165, 1.54) is 17.5 Å². The molecule has 14 heteroatoms. The van der Waals surface area contributed by atoms with E-state index in [-0.39, 0.29) is 36.9 Å². The number of aromatic nitrogens is 2. The van der Waals surface area contributed by atoms with Crippen molar-refractivity contribution in [2.24, 2.45) is 0 Å². The van der Waals surface area contributed by atoms with Gasteiger partial charge in [-0.1, -0.05) is 30.3 Å². The lowest BCUT2D eigenvalue weighted by molar-refractivity contribution is -0.125. The van der Waals surface area contributed by atoms with Gasteiger partial charge in [0, 0.05) is 10.9 Å². The topological polar surface area (TPSA) is 186 Å². The highest BCUT2D eigenvalue weighted by atomic mass is 32.1. The summed E-state index contributed by atoms with van der Waals surface area (Å²) in [6.07, 6.45) is -0.944. The number of thiazole rings is 1. The molecule has 1 unspecified atom stereocenters. The van der Waals surface area contributed by atoms with Crippen LogP contribution >= 0.6 is 11.3 Å². The standard InChI is InChI=1S/C27H30N4O9S/c1-3-38-25(35)18-11-10-17(24-30-21(15-41-24)26(36)39-4-2)22(28-18)19(12-32)29-23(34)20(13-33)31-27(37)40-14-16-8-6-5-7-9-16/h5-11,15,19-20,32-33H,3-4,12-14H2,1-2H3,(H,29,34)(H,31,37)/t19?,20-/m0/s1. The zero-order chi connectivity index (χ0) is 29.8. The number of alkyl carbamates (subject to hydrolysis) is 1. The summed E-state index contributed by atoms with van der Waals surface area (Å²) in [7, 11) is 0. The molecule has 0 saturated heterocycles. The number of carbonyl (C=O) groups excluding carboxylic acids is 4. The summed E-state index contributed by atoms with van der Waals surface area (Å²) in [5.41, 5.74) is 1.03. The number of hydrogen-bond donors (Lipinski definition) is 4. The van der Waals surface area contributed by atoms with Gasteiger partial charge < -0.3 is 35.1 Å². The molecule has 13 nitrogen and oxygen atoms in total. The number of esters is 2. The molecule has 0 aliphatic heterocycles. The molecule has 0 spiro atoms. The Hall–Kier alpha value is -4.40. The summed E-state index contributed by atoms with van der Waals surface area (Å²) < 4.78 is 15.1. The normalized spacial score (nSPS) is 12.1. The fourth-order valence-corrected chi connectivity index (χ4v) is 4.33. The summed E-state index contributed by atoms with van der Waals surface area (Å²) in [5.74, 6) is -2.22. The molecule has 1 aromatic carbocycles. The van der Waals surface area contributed by atoms with Crippen LogP contribution in [0.5, 0.6) is 0 Å². The molecular formula is C27H30N4O9S. The maximum Gasteiger partial charge on any atom is 0.408 e. The van der Waals surface area contributed by atoms with E-state index >= 15 is 0 Å². The number of hydrogen-bond acceptors (Lipinski definition) is 12. The second-order valence-corrected chi connectivity index (χ2v) is 9.15.